The molecule has 2 aromatic heterocycles. The van der Waals surface area contributed by atoms with Gasteiger partial charge in [-0.05, 0) is 24.3 Å². The Hall–Kier alpha value is -2.97. The van der Waals surface area contributed by atoms with Crippen LogP contribution in [0.1, 0.15) is 5.56 Å². The van der Waals surface area contributed by atoms with Crippen LogP contribution in [0.5, 0.6) is 0 Å². The van der Waals surface area contributed by atoms with Crippen molar-refractivity contribution >= 4 is 11.5 Å². The van der Waals surface area contributed by atoms with Crippen LogP contribution in [-0.4, -0.2) is 27.1 Å². The number of anilines is 1. The van der Waals surface area contributed by atoms with E-state index in [0.717, 1.165) is 12.1 Å². The first-order chi connectivity index (χ1) is 10.4. The zero-order valence-corrected chi connectivity index (χ0v) is 11.0. The summed E-state index contributed by atoms with van der Waals surface area (Å²) in [5.41, 5.74) is -1.84. The zero-order chi connectivity index (χ0) is 16.2. The molecule has 2 heterocycles. The Morgan fingerprint density at radius 3 is 2.64 bits per heavy atom. The fraction of sp³-hybridized carbons (Fsp3) is 0.0769. The highest BCUT2D eigenvalue weighted by Gasteiger charge is 2.34. The van der Waals surface area contributed by atoms with Crippen LogP contribution in [-0.2, 0) is 0 Å². The largest absolute Gasteiger partial charge is 0.431 e. The van der Waals surface area contributed by atoms with Gasteiger partial charge in [0.05, 0.1) is 5.71 Å². The Labute approximate surface area is 122 Å². The van der Waals surface area contributed by atoms with E-state index < -0.39 is 17.4 Å². The molecule has 0 bridgehead atoms. The summed E-state index contributed by atoms with van der Waals surface area (Å²) in [6.07, 6.45) is -1.35. The highest BCUT2D eigenvalue weighted by Crippen LogP contribution is 2.26. The number of hydrogen-bond donors (Lipinski definition) is 3. The molecule has 2 rings (SSSR count). The molecular weight excluding hydrogens is 299 g/mol. The number of aromatic amines is 1. The number of nitrogens with zero attached hydrogens (tertiary/aromatic N) is 2. The molecule has 0 aliphatic heterocycles. The molecule has 3 N–H and O–H groups in total. The first kappa shape index (κ1) is 15.4. The van der Waals surface area contributed by atoms with Crippen LogP contribution in [0.3, 0.4) is 0 Å². The summed E-state index contributed by atoms with van der Waals surface area (Å²) in [7, 11) is 0. The quantitative estimate of drug-likeness (QED) is 0.754. The van der Waals surface area contributed by atoms with Gasteiger partial charge in [0, 0.05) is 24.0 Å². The minimum absolute atomic E-state index is 0.192. The average molecular weight is 309 g/mol. The molecule has 0 atom stereocenters. The lowest BCUT2D eigenvalue weighted by Gasteiger charge is -2.13. The lowest BCUT2D eigenvalue weighted by Crippen LogP contribution is -2.22. The number of alkyl halides is 3. The number of halogens is 3. The number of pyridine rings is 1. The van der Waals surface area contributed by atoms with E-state index in [0.29, 0.717) is 6.08 Å². The van der Waals surface area contributed by atoms with Gasteiger partial charge in [-0.25, -0.2) is 5.10 Å². The third kappa shape index (κ3) is 4.01. The van der Waals surface area contributed by atoms with Gasteiger partial charge in [-0.15, -0.1) is 0 Å². The Kier molecular flexibility index (Phi) is 4.35. The number of hydrogen-bond acceptors (Lipinski definition) is 5. The maximum Gasteiger partial charge on any atom is 0.431 e. The van der Waals surface area contributed by atoms with E-state index in [-0.39, 0.29) is 17.1 Å². The van der Waals surface area contributed by atoms with Crippen molar-refractivity contribution < 1.29 is 13.2 Å². The first-order valence-corrected chi connectivity index (χ1v) is 5.97. The smallest absolute Gasteiger partial charge is 0.335 e. The van der Waals surface area contributed by atoms with Crippen LogP contribution in [0.2, 0.25) is 0 Å². The third-order valence-corrected chi connectivity index (χ3v) is 2.51. The number of aromatic nitrogens is 3. The molecule has 114 valence electrons. The van der Waals surface area contributed by atoms with E-state index in [9.17, 15) is 18.0 Å². The lowest BCUT2D eigenvalue weighted by atomic mass is 10.1. The molecule has 0 radical (unpaired) electrons. The fourth-order valence-electron chi connectivity index (χ4n) is 1.49. The standard InChI is InChI=1S/C13H10F3N5O/c14-13(15,16)10(19-11-3-4-12(22)21-20-11)6-9(17)8-2-1-5-18-7-8/h1-7,17H,(H,19,20)(H,21,22)/b10-6-,17-9?. The topological polar surface area (TPSA) is 94.5 Å². The summed E-state index contributed by atoms with van der Waals surface area (Å²) in [5.74, 6) is -0.192. The van der Waals surface area contributed by atoms with Crippen molar-refractivity contribution in [2.75, 3.05) is 5.32 Å². The normalized spacial score (nSPS) is 12.0. The van der Waals surface area contributed by atoms with Gasteiger partial charge < -0.3 is 10.7 Å². The molecule has 0 unspecified atom stereocenters. The first-order valence-electron chi connectivity index (χ1n) is 5.97. The molecule has 0 amide bonds. The molecule has 0 aliphatic rings. The molecule has 2 aromatic rings. The zero-order valence-electron chi connectivity index (χ0n) is 11.0. The average Bonchev–Trinajstić information content (AvgIpc) is 2.48. The van der Waals surface area contributed by atoms with Crippen molar-refractivity contribution in [3.05, 3.63) is 64.3 Å². The summed E-state index contributed by atoms with van der Waals surface area (Å²) in [6, 6.07) is 5.13. The van der Waals surface area contributed by atoms with E-state index in [1.165, 1.54) is 24.5 Å². The summed E-state index contributed by atoms with van der Waals surface area (Å²) in [6.45, 7) is 0. The van der Waals surface area contributed by atoms with Crippen LogP contribution < -0.4 is 10.9 Å². The van der Waals surface area contributed by atoms with Crippen molar-refractivity contribution in [2.45, 2.75) is 6.18 Å². The van der Waals surface area contributed by atoms with E-state index in [1.54, 1.807) is 0 Å². The maximum atomic E-state index is 13.0. The van der Waals surface area contributed by atoms with E-state index in [2.05, 4.69) is 10.1 Å². The van der Waals surface area contributed by atoms with E-state index in [4.69, 9.17) is 5.41 Å². The second-order valence-corrected chi connectivity index (χ2v) is 4.14. The molecule has 0 aromatic carbocycles. The third-order valence-electron chi connectivity index (χ3n) is 2.51. The Morgan fingerprint density at radius 1 is 1.32 bits per heavy atom. The molecule has 0 saturated heterocycles. The van der Waals surface area contributed by atoms with Gasteiger partial charge in [-0.2, -0.15) is 18.3 Å². The molecule has 0 fully saturated rings. The summed E-state index contributed by atoms with van der Waals surface area (Å²) < 4.78 is 39.1. The van der Waals surface area contributed by atoms with E-state index >= 15 is 0 Å². The molecule has 0 aliphatic carbocycles. The number of H-pyrrole nitrogens is 1. The van der Waals surface area contributed by atoms with Crippen LogP contribution in [0, 0.1) is 5.41 Å². The van der Waals surface area contributed by atoms with Gasteiger partial charge in [0.15, 0.2) is 5.82 Å². The SMILES string of the molecule is N=C(/C=C(\Nc1ccc(=O)[nH]n1)C(F)(F)F)c1cccnc1. The predicted molar refractivity (Wildman–Crippen MR) is 73.7 cm³/mol. The Bertz CT molecular complexity index is 732. The van der Waals surface area contributed by atoms with Crippen LogP contribution in [0.25, 0.3) is 0 Å². The summed E-state index contributed by atoms with van der Waals surface area (Å²) >= 11 is 0. The predicted octanol–water partition coefficient (Wildman–Crippen LogP) is 2.09. The minimum Gasteiger partial charge on any atom is -0.335 e. The number of nitrogens with one attached hydrogen (secondary N) is 3. The van der Waals surface area contributed by atoms with Crippen molar-refractivity contribution in [1.82, 2.24) is 15.2 Å². The summed E-state index contributed by atoms with van der Waals surface area (Å²) in [5, 5.41) is 15.2. The van der Waals surface area contributed by atoms with Gasteiger partial charge in [0.1, 0.15) is 5.70 Å². The maximum absolute atomic E-state index is 13.0. The minimum atomic E-state index is -4.72. The Morgan fingerprint density at radius 2 is 2.09 bits per heavy atom. The second kappa shape index (κ2) is 6.20. The second-order valence-electron chi connectivity index (χ2n) is 4.14. The van der Waals surface area contributed by atoms with Gasteiger partial charge in [0.2, 0.25) is 0 Å². The number of allylic oxidation sites excluding steroid dienone is 2. The molecule has 0 saturated carbocycles. The highest BCUT2D eigenvalue weighted by molar-refractivity contribution is 6.06. The highest BCUT2D eigenvalue weighted by atomic mass is 19.4. The van der Waals surface area contributed by atoms with Crippen LogP contribution in [0.15, 0.2) is 53.2 Å². The lowest BCUT2D eigenvalue weighted by molar-refractivity contribution is -0.0901. The molecule has 0 spiro atoms. The van der Waals surface area contributed by atoms with E-state index in [1.807, 2.05) is 10.4 Å². The molecular formula is C13H10F3N5O. The van der Waals surface area contributed by atoms with Crippen molar-refractivity contribution in [1.29, 1.82) is 5.41 Å². The van der Waals surface area contributed by atoms with Crippen molar-refractivity contribution in [3.8, 4) is 0 Å². The number of rotatable bonds is 4. The Balaban J connectivity index is 2.30. The summed E-state index contributed by atoms with van der Waals surface area (Å²) in [4.78, 5) is 14.6. The fourth-order valence-corrected chi connectivity index (χ4v) is 1.49. The van der Waals surface area contributed by atoms with Gasteiger partial charge >= 0.3 is 6.18 Å². The van der Waals surface area contributed by atoms with Crippen LogP contribution >= 0.6 is 0 Å². The van der Waals surface area contributed by atoms with Gasteiger partial charge in [0.25, 0.3) is 5.56 Å². The molecule has 9 heteroatoms. The van der Waals surface area contributed by atoms with Crippen molar-refractivity contribution in [2.24, 2.45) is 0 Å². The van der Waals surface area contributed by atoms with Gasteiger partial charge in [-0.3, -0.25) is 9.78 Å². The van der Waals surface area contributed by atoms with Crippen molar-refractivity contribution in [3.63, 3.8) is 0 Å². The van der Waals surface area contributed by atoms with Gasteiger partial charge in [-0.1, -0.05) is 0 Å². The molecule has 6 nitrogen and oxygen atoms in total. The molecule has 22 heavy (non-hydrogen) atoms. The monoisotopic (exact) mass is 309 g/mol. The van der Waals surface area contributed by atoms with Crippen LogP contribution in [0.4, 0.5) is 19.0 Å².